The number of anilines is 1. The number of likely N-dealkylation sites (N-methyl/N-ethyl adjacent to an activating group) is 1. The number of halogens is 2. The fraction of sp³-hybridized carbons (Fsp3) is 0.417. The van der Waals surface area contributed by atoms with Gasteiger partial charge in [0.1, 0.15) is 5.69 Å². The molecule has 1 saturated heterocycles. The predicted molar refractivity (Wildman–Crippen MR) is 67.5 cm³/mol. The minimum atomic E-state index is -0.992. The number of hydrogen-bond acceptors (Lipinski definition) is 4. The van der Waals surface area contributed by atoms with E-state index in [2.05, 4.69) is 0 Å². The standard InChI is InChI=1S/C12H13F2N3O3/c1-15-4-5-16(3-2-11(15)18)12-9(13)6-8(17(19)20)7-10(12)14/h6-7H,2-5H2,1H3. The van der Waals surface area contributed by atoms with E-state index in [9.17, 15) is 23.7 Å². The lowest BCUT2D eigenvalue weighted by molar-refractivity contribution is -0.385. The number of amides is 1. The minimum absolute atomic E-state index is 0.102. The average Bonchev–Trinajstić information content (AvgIpc) is 2.53. The Morgan fingerprint density at radius 2 is 1.80 bits per heavy atom. The van der Waals surface area contributed by atoms with E-state index in [0.29, 0.717) is 18.7 Å². The van der Waals surface area contributed by atoms with Crippen molar-refractivity contribution in [2.24, 2.45) is 0 Å². The molecule has 20 heavy (non-hydrogen) atoms. The predicted octanol–water partition coefficient (Wildman–Crippen LogP) is 1.54. The molecule has 1 heterocycles. The van der Waals surface area contributed by atoms with Crippen LogP contribution in [0.2, 0.25) is 0 Å². The van der Waals surface area contributed by atoms with Crippen molar-refractivity contribution in [3.8, 4) is 0 Å². The third-order valence-electron chi connectivity index (χ3n) is 3.26. The lowest BCUT2D eigenvalue weighted by atomic mass is 10.2. The third kappa shape index (κ3) is 2.68. The third-order valence-corrected chi connectivity index (χ3v) is 3.26. The average molecular weight is 285 g/mol. The molecule has 0 aliphatic carbocycles. The van der Waals surface area contributed by atoms with Gasteiger partial charge in [-0.3, -0.25) is 14.9 Å². The normalized spacial score (nSPS) is 16.2. The van der Waals surface area contributed by atoms with Crippen LogP contribution in [0.25, 0.3) is 0 Å². The number of rotatable bonds is 2. The molecule has 1 amide bonds. The molecule has 8 heteroatoms. The number of non-ortho nitro benzene ring substituents is 1. The number of hydrogen-bond donors (Lipinski definition) is 0. The van der Waals surface area contributed by atoms with Gasteiger partial charge < -0.3 is 9.80 Å². The fourth-order valence-corrected chi connectivity index (χ4v) is 2.11. The highest BCUT2D eigenvalue weighted by atomic mass is 19.1. The topological polar surface area (TPSA) is 66.7 Å². The fourth-order valence-electron chi connectivity index (χ4n) is 2.11. The molecule has 108 valence electrons. The molecule has 0 aromatic heterocycles. The van der Waals surface area contributed by atoms with Gasteiger partial charge in [-0.25, -0.2) is 8.78 Å². The summed E-state index contributed by atoms with van der Waals surface area (Å²) in [7, 11) is 1.62. The maximum atomic E-state index is 13.9. The number of carbonyl (C=O) groups is 1. The Hall–Kier alpha value is -2.25. The van der Waals surface area contributed by atoms with Crippen molar-refractivity contribution in [3.05, 3.63) is 33.9 Å². The van der Waals surface area contributed by atoms with Crippen molar-refractivity contribution in [2.45, 2.75) is 6.42 Å². The Labute approximate surface area is 113 Å². The molecule has 2 rings (SSSR count). The molecule has 1 aliphatic heterocycles. The van der Waals surface area contributed by atoms with Gasteiger partial charge >= 0.3 is 0 Å². The van der Waals surface area contributed by atoms with Gasteiger partial charge in [0, 0.05) is 33.1 Å². The second-order valence-electron chi connectivity index (χ2n) is 4.57. The maximum absolute atomic E-state index is 13.9. The van der Waals surface area contributed by atoms with Crippen LogP contribution < -0.4 is 4.90 Å². The zero-order valence-electron chi connectivity index (χ0n) is 10.8. The van der Waals surface area contributed by atoms with Crippen LogP contribution in [0.5, 0.6) is 0 Å². The lowest BCUT2D eigenvalue weighted by Crippen LogP contribution is -2.31. The quantitative estimate of drug-likeness (QED) is 0.610. The monoisotopic (exact) mass is 285 g/mol. The van der Waals surface area contributed by atoms with Crippen molar-refractivity contribution in [1.82, 2.24) is 4.90 Å². The summed E-state index contributed by atoms with van der Waals surface area (Å²) in [5, 5.41) is 10.5. The summed E-state index contributed by atoms with van der Waals surface area (Å²) >= 11 is 0. The molecule has 0 saturated carbocycles. The van der Waals surface area contributed by atoms with Gasteiger partial charge in [-0.1, -0.05) is 0 Å². The van der Waals surface area contributed by atoms with E-state index >= 15 is 0 Å². The first kappa shape index (κ1) is 14.2. The Morgan fingerprint density at radius 3 is 2.35 bits per heavy atom. The van der Waals surface area contributed by atoms with Gasteiger partial charge in [-0.05, 0) is 0 Å². The van der Waals surface area contributed by atoms with Crippen molar-refractivity contribution < 1.29 is 18.5 Å². The van der Waals surface area contributed by atoms with E-state index in [0.717, 1.165) is 0 Å². The zero-order chi connectivity index (χ0) is 14.9. The summed E-state index contributed by atoms with van der Waals surface area (Å²) in [6, 6.07) is 1.38. The van der Waals surface area contributed by atoms with Crippen molar-refractivity contribution in [2.75, 3.05) is 31.6 Å². The summed E-state index contributed by atoms with van der Waals surface area (Å²) in [4.78, 5) is 24.1. The van der Waals surface area contributed by atoms with Gasteiger partial charge in [0.25, 0.3) is 5.69 Å². The summed E-state index contributed by atoms with van der Waals surface area (Å²) in [5.74, 6) is -2.09. The van der Waals surface area contributed by atoms with Crippen LogP contribution in [0.4, 0.5) is 20.2 Å². The van der Waals surface area contributed by atoms with E-state index in [-0.39, 0.29) is 31.1 Å². The van der Waals surface area contributed by atoms with Gasteiger partial charge in [0.2, 0.25) is 5.91 Å². The van der Waals surface area contributed by atoms with Gasteiger partial charge in [-0.15, -0.1) is 0 Å². The van der Waals surface area contributed by atoms with Crippen LogP contribution in [0.1, 0.15) is 6.42 Å². The number of nitro groups is 1. The Kier molecular flexibility index (Phi) is 3.82. The van der Waals surface area contributed by atoms with E-state index in [1.165, 1.54) is 9.80 Å². The molecule has 1 aromatic rings. The summed E-state index contributed by atoms with van der Waals surface area (Å²) in [6.07, 6.45) is 0.145. The Bertz CT molecular complexity index is 542. The smallest absolute Gasteiger partial charge is 0.275 e. The number of nitrogens with zero attached hydrogens (tertiary/aromatic N) is 3. The van der Waals surface area contributed by atoms with Crippen LogP contribution in [-0.4, -0.2) is 42.4 Å². The van der Waals surface area contributed by atoms with Crippen molar-refractivity contribution in [1.29, 1.82) is 0 Å². The summed E-state index contributed by atoms with van der Waals surface area (Å²) < 4.78 is 27.8. The van der Waals surface area contributed by atoms with Gasteiger partial charge in [0.15, 0.2) is 11.6 Å². The highest BCUT2D eigenvalue weighted by molar-refractivity contribution is 5.77. The van der Waals surface area contributed by atoms with Crippen LogP contribution in [-0.2, 0) is 4.79 Å². The molecule has 6 nitrogen and oxygen atoms in total. The van der Waals surface area contributed by atoms with Gasteiger partial charge in [-0.2, -0.15) is 0 Å². The van der Waals surface area contributed by atoms with Crippen molar-refractivity contribution in [3.63, 3.8) is 0 Å². The largest absolute Gasteiger partial charge is 0.364 e. The van der Waals surface area contributed by atoms with E-state index in [1.807, 2.05) is 0 Å². The van der Waals surface area contributed by atoms with Crippen LogP contribution in [0, 0.1) is 21.7 Å². The molecule has 1 aromatic carbocycles. The lowest BCUT2D eigenvalue weighted by Gasteiger charge is -2.23. The molecule has 0 atom stereocenters. The van der Waals surface area contributed by atoms with Crippen LogP contribution in [0.3, 0.4) is 0 Å². The molecule has 0 N–H and O–H groups in total. The van der Waals surface area contributed by atoms with Gasteiger partial charge in [0.05, 0.1) is 17.1 Å². The van der Waals surface area contributed by atoms with E-state index < -0.39 is 22.2 Å². The summed E-state index contributed by atoms with van der Waals surface area (Å²) in [5.41, 5.74) is -0.953. The molecule has 0 unspecified atom stereocenters. The highest BCUT2D eigenvalue weighted by Gasteiger charge is 2.25. The number of benzene rings is 1. The second-order valence-corrected chi connectivity index (χ2v) is 4.57. The molecule has 0 spiro atoms. The first-order valence-electron chi connectivity index (χ1n) is 6.02. The SMILES string of the molecule is CN1CCN(c2c(F)cc([N+](=O)[O-])cc2F)CCC1=O. The molecular formula is C12H13F2N3O3. The Balaban J connectivity index is 2.33. The number of carbonyl (C=O) groups excluding carboxylic acids is 1. The first-order valence-corrected chi connectivity index (χ1v) is 6.02. The minimum Gasteiger partial charge on any atom is -0.364 e. The first-order chi connectivity index (χ1) is 9.40. The highest BCUT2D eigenvalue weighted by Crippen LogP contribution is 2.28. The summed E-state index contributed by atoms with van der Waals surface area (Å²) in [6.45, 7) is 0.789. The molecular weight excluding hydrogens is 272 g/mol. The van der Waals surface area contributed by atoms with Crippen LogP contribution in [0.15, 0.2) is 12.1 Å². The molecule has 1 fully saturated rings. The maximum Gasteiger partial charge on any atom is 0.275 e. The van der Waals surface area contributed by atoms with E-state index in [4.69, 9.17) is 0 Å². The van der Waals surface area contributed by atoms with E-state index in [1.54, 1.807) is 7.05 Å². The second kappa shape index (κ2) is 5.40. The molecule has 0 bridgehead atoms. The van der Waals surface area contributed by atoms with Crippen LogP contribution >= 0.6 is 0 Å². The molecule has 1 aliphatic rings. The zero-order valence-corrected chi connectivity index (χ0v) is 10.8. The molecule has 0 radical (unpaired) electrons. The number of nitro benzene ring substituents is 1. The Morgan fingerprint density at radius 1 is 1.20 bits per heavy atom. The van der Waals surface area contributed by atoms with Crippen molar-refractivity contribution >= 4 is 17.3 Å².